The Bertz CT molecular complexity index is 766. The summed E-state index contributed by atoms with van der Waals surface area (Å²) >= 11 is 0. The largest absolute Gasteiger partial charge is 0.304 e. The molecule has 24 heavy (non-hydrogen) atoms. The molecule has 0 saturated carbocycles. The summed E-state index contributed by atoms with van der Waals surface area (Å²) in [6.45, 7) is 10.1. The molecule has 124 valence electrons. The molecule has 0 saturated heterocycles. The molecule has 1 amide bonds. The number of hydrogen-bond acceptors (Lipinski definition) is 3. The molecule has 1 aromatic carbocycles. The normalized spacial score (nSPS) is 10.5. The van der Waals surface area contributed by atoms with Gasteiger partial charge in [0.1, 0.15) is 0 Å². The third-order valence-electron chi connectivity index (χ3n) is 3.85. The predicted octanol–water partition coefficient (Wildman–Crippen LogP) is 3.56. The van der Waals surface area contributed by atoms with Crippen LogP contribution in [0.5, 0.6) is 0 Å². The van der Waals surface area contributed by atoms with Crippen molar-refractivity contribution in [3.8, 4) is 6.07 Å². The highest BCUT2D eigenvalue weighted by atomic mass is 16.2. The number of rotatable bonds is 6. The molecule has 2 aromatic rings. The van der Waals surface area contributed by atoms with E-state index in [2.05, 4.69) is 31.6 Å². The van der Waals surface area contributed by atoms with Crippen LogP contribution in [0.25, 0.3) is 0 Å². The minimum atomic E-state index is -0.167. The summed E-state index contributed by atoms with van der Waals surface area (Å²) in [5.41, 5.74) is 3.61. The Balaban J connectivity index is 2.31. The van der Waals surface area contributed by atoms with Crippen LogP contribution in [0.3, 0.4) is 0 Å². The summed E-state index contributed by atoms with van der Waals surface area (Å²) in [7, 11) is 0. The Kier molecular flexibility index (Phi) is 5.54. The highest BCUT2D eigenvalue weighted by Crippen LogP contribution is 2.21. The van der Waals surface area contributed by atoms with Crippen LogP contribution in [-0.2, 0) is 17.8 Å². The summed E-state index contributed by atoms with van der Waals surface area (Å²) in [4.78, 5) is 14.0. The molecule has 0 aliphatic rings. The SMILES string of the molecule is C=CC(=O)N(Cc1cn(C(C)C)nc1C)c1ccc(CC#N)cc1. The second kappa shape index (κ2) is 7.60. The number of carbonyl (C=O) groups excluding carboxylic acids is 1. The van der Waals surface area contributed by atoms with Crippen molar-refractivity contribution >= 4 is 11.6 Å². The summed E-state index contributed by atoms with van der Waals surface area (Å²) < 4.78 is 1.90. The Morgan fingerprint density at radius 3 is 2.58 bits per heavy atom. The molecule has 0 atom stereocenters. The van der Waals surface area contributed by atoms with Gasteiger partial charge < -0.3 is 4.90 Å². The number of amides is 1. The monoisotopic (exact) mass is 322 g/mol. The molecule has 0 bridgehead atoms. The molecule has 0 spiro atoms. The standard InChI is InChI=1S/C19H22N4O/c1-5-19(24)22(18-8-6-16(7-9-18)10-11-20)12-17-13-23(14(2)3)21-15(17)4/h5-9,13-14H,1,10,12H2,2-4H3. The van der Waals surface area contributed by atoms with Crippen LogP contribution in [-0.4, -0.2) is 15.7 Å². The van der Waals surface area contributed by atoms with E-state index in [-0.39, 0.29) is 11.9 Å². The minimum Gasteiger partial charge on any atom is -0.304 e. The minimum absolute atomic E-state index is 0.167. The van der Waals surface area contributed by atoms with Crippen LogP contribution in [0.4, 0.5) is 5.69 Å². The van der Waals surface area contributed by atoms with Gasteiger partial charge >= 0.3 is 0 Å². The molecule has 5 nitrogen and oxygen atoms in total. The van der Waals surface area contributed by atoms with Crippen molar-refractivity contribution in [2.24, 2.45) is 0 Å². The van der Waals surface area contributed by atoms with Gasteiger partial charge in [-0.2, -0.15) is 10.4 Å². The van der Waals surface area contributed by atoms with Crippen LogP contribution >= 0.6 is 0 Å². The Morgan fingerprint density at radius 2 is 2.08 bits per heavy atom. The van der Waals surface area contributed by atoms with E-state index in [1.807, 2.05) is 42.1 Å². The maximum absolute atomic E-state index is 12.3. The molecule has 1 aromatic heterocycles. The van der Waals surface area contributed by atoms with Crippen LogP contribution in [0.15, 0.2) is 43.1 Å². The first kappa shape index (κ1) is 17.5. The lowest BCUT2D eigenvalue weighted by Gasteiger charge is -2.21. The third-order valence-corrected chi connectivity index (χ3v) is 3.85. The number of aryl methyl sites for hydroxylation is 1. The first-order valence-electron chi connectivity index (χ1n) is 7.90. The summed E-state index contributed by atoms with van der Waals surface area (Å²) in [5.74, 6) is -0.167. The van der Waals surface area contributed by atoms with Gasteiger partial charge in [-0.25, -0.2) is 0 Å². The second-order valence-corrected chi connectivity index (χ2v) is 5.94. The van der Waals surface area contributed by atoms with Gasteiger partial charge in [-0.1, -0.05) is 18.7 Å². The van der Waals surface area contributed by atoms with Crippen molar-refractivity contribution < 1.29 is 4.79 Å². The summed E-state index contributed by atoms with van der Waals surface area (Å²) in [6.07, 6.45) is 3.65. The first-order valence-corrected chi connectivity index (χ1v) is 7.90. The molecule has 0 N–H and O–H groups in total. The lowest BCUT2D eigenvalue weighted by molar-refractivity contribution is -0.114. The number of carbonyl (C=O) groups is 1. The molecule has 0 fully saturated rings. The van der Waals surface area contributed by atoms with Crippen molar-refractivity contribution in [3.63, 3.8) is 0 Å². The quantitative estimate of drug-likeness (QED) is 0.764. The number of anilines is 1. The van der Waals surface area contributed by atoms with E-state index in [9.17, 15) is 4.79 Å². The van der Waals surface area contributed by atoms with E-state index in [0.29, 0.717) is 13.0 Å². The second-order valence-electron chi connectivity index (χ2n) is 5.94. The molecule has 2 rings (SSSR count). The fourth-order valence-electron chi connectivity index (χ4n) is 2.40. The van der Waals surface area contributed by atoms with Crippen molar-refractivity contribution in [1.82, 2.24) is 9.78 Å². The fraction of sp³-hybridized carbons (Fsp3) is 0.316. The van der Waals surface area contributed by atoms with Gasteiger partial charge in [0.05, 0.1) is 24.7 Å². The molecule has 0 unspecified atom stereocenters. The third kappa shape index (κ3) is 3.90. The number of benzene rings is 1. The zero-order valence-corrected chi connectivity index (χ0v) is 14.4. The molecule has 0 aliphatic carbocycles. The highest BCUT2D eigenvalue weighted by Gasteiger charge is 2.17. The van der Waals surface area contributed by atoms with Crippen LogP contribution in [0.2, 0.25) is 0 Å². The average Bonchev–Trinajstić information content (AvgIpc) is 2.94. The number of hydrogen-bond donors (Lipinski definition) is 0. The van der Waals surface area contributed by atoms with E-state index in [0.717, 1.165) is 22.5 Å². The van der Waals surface area contributed by atoms with E-state index in [1.54, 1.807) is 4.90 Å². The molecule has 0 radical (unpaired) electrons. The zero-order valence-electron chi connectivity index (χ0n) is 14.4. The molecule has 0 aliphatic heterocycles. The number of nitrogens with zero attached hydrogens (tertiary/aromatic N) is 4. The smallest absolute Gasteiger partial charge is 0.250 e. The van der Waals surface area contributed by atoms with Crippen LogP contribution in [0, 0.1) is 18.3 Å². The Hall–Kier alpha value is -2.87. The Morgan fingerprint density at radius 1 is 1.42 bits per heavy atom. The van der Waals surface area contributed by atoms with Crippen molar-refractivity contribution in [2.45, 2.75) is 39.8 Å². The lowest BCUT2D eigenvalue weighted by Crippen LogP contribution is -2.28. The van der Waals surface area contributed by atoms with Gasteiger partial charge in [-0.15, -0.1) is 0 Å². The van der Waals surface area contributed by atoms with Gasteiger partial charge in [0.25, 0.3) is 5.91 Å². The van der Waals surface area contributed by atoms with Crippen molar-refractivity contribution in [1.29, 1.82) is 5.26 Å². The topological polar surface area (TPSA) is 61.9 Å². The van der Waals surface area contributed by atoms with Crippen molar-refractivity contribution in [2.75, 3.05) is 4.90 Å². The summed E-state index contributed by atoms with van der Waals surface area (Å²) in [6, 6.07) is 9.84. The van der Waals surface area contributed by atoms with E-state index in [1.165, 1.54) is 6.08 Å². The Labute approximate surface area is 142 Å². The van der Waals surface area contributed by atoms with Gasteiger partial charge in [-0.3, -0.25) is 9.48 Å². The van der Waals surface area contributed by atoms with E-state index in [4.69, 9.17) is 5.26 Å². The van der Waals surface area contributed by atoms with Gasteiger partial charge in [0.15, 0.2) is 0 Å². The van der Waals surface area contributed by atoms with Gasteiger partial charge in [0.2, 0.25) is 0 Å². The maximum Gasteiger partial charge on any atom is 0.250 e. The molecular formula is C19H22N4O. The van der Waals surface area contributed by atoms with Crippen molar-refractivity contribution in [3.05, 3.63) is 59.9 Å². The fourth-order valence-corrected chi connectivity index (χ4v) is 2.40. The van der Waals surface area contributed by atoms with E-state index < -0.39 is 0 Å². The zero-order chi connectivity index (χ0) is 17.7. The predicted molar refractivity (Wildman–Crippen MR) is 94.5 cm³/mol. The highest BCUT2D eigenvalue weighted by molar-refractivity contribution is 6.00. The van der Waals surface area contributed by atoms with Gasteiger partial charge in [-0.05, 0) is 44.5 Å². The first-order chi connectivity index (χ1) is 11.5. The summed E-state index contributed by atoms with van der Waals surface area (Å²) in [5, 5.41) is 13.3. The van der Waals surface area contributed by atoms with Crippen LogP contribution < -0.4 is 4.90 Å². The molecular weight excluding hydrogens is 300 g/mol. The van der Waals surface area contributed by atoms with E-state index >= 15 is 0 Å². The van der Waals surface area contributed by atoms with Gasteiger partial charge in [0, 0.05) is 23.5 Å². The molecule has 5 heteroatoms. The van der Waals surface area contributed by atoms with Crippen LogP contribution in [0.1, 0.15) is 36.7 Å². The maximum atomic E-state index is 12.3. The lowest BCUT2D eigenvalue weighted by atomic mass is 10.1. The average molecular weight is 322 g/mol. The number of nitriles is 1. The number of aromatic nitrogens is 2. The molecule has 1 heterocycles.